The molecule has 1 aromatic carbocycles. The lowest BCUT2D eigenvalue weighted by Gasteiger charge is -2.20. The summed E-state index contributed by atoms with van der Waals surface area (Å²) in [6.07, 6.45) is 0. The summed E-state index contributed by atoms with van der Waals surface area (Å²) in [7, 11) is 1.34. The second-order valence-electron chi connectivity index (χ2n) is 5.21. The minimum absolute atomic E-state index is 0.173. The molecule has 94 valence electrons. The van der Waals surface area contributed by atoms with Gasteiger partial charge in [-0.15, -0.1) is 0 Å². The van der Waals surface area contributed by atoms with E-state index in [0.717, 1.165) is 12.2 Å². The van der Waals surface area contributed by atoms with Crippen LogP contribution in [0.3, 0.4) is 0 Å². The molecule has 17 heavy (non-hydrogen) atoms. The number of methoxy groups -OCH3 is 1. The average molecular weight is 236 g/mol. The molecule has 4 heteroatoms. The third-order valence-corrected chi connectivity index (χ3v) is 2.28. The Morgan fingerprint density at radius 3 is 2.59 bits per heavy atom. The van der Waals surface area contributed by atoms with Crippen LogP contribution in [0, 0.1) is 5.41 Å². The van der Waals surface area contributed by atoms with Crippen molar-refractivity contribution in [2.24, 2.45) is 5.41 Å². The molecule has 0 aliphatic carbocycles. The SMILES string of the molecule is COC(=O)c1cc(NCC(C)(C)C)ccc1N. The molecule has 0 aromatic heterocycles. The highest BCUT2D eigenvalue weighted by atomic mass is 16.5. The predicted octanol–water partition coefficient (Wildman–Crippen LogP) is 2.51. The summed E-state index contributed by atoms with van der Waals surface area (Å²) in [5, 5.41) is 3.27. The second kappa shape index (κ2) is 5.08. The first-order valence-electron chi connectivity index (χ1n) is 5.55. The van der Waals surface area contributed by atoms with Crippen LogP contribution in [-0.2, 0) is 4.74 Å². The first kappa shape index (κ1) is 13.4. The van der Waals surface area contributed by atoms with Crippen molar-refractivity contribution in [1.29, 1.82) is 0 Å². The molecule has 0 saturated carbocycles. The highest BCUT2D eigenvalue weighted by Crippen LogP contribution is 2.20. The fourth-order valence-corrected chi connectivity index (χ4v) is 1.32. The summed E-state index contributed by atoms with van der Waals surface area (Å²) in [4.78, 5) is 11.5. The van der Waals surface area contributed by atoms with Crippen molar-refractivity contribution in [1.82, 2.24) is 0 Å². The topological polar surface area (TPSA) is 64.3 Å². The van der Waals surface area contributed by atoms with Crippen LogP contribution in [0.25, 0.3) is 0 Å². The van der Waals surface area contributed by atoms with Gasteiger partial charge in [0.1, 0.15) is 0 Å². The molecule has 4 nitrogen and oxygen atoms in total. The number of esters is 1. The van der Waals surface area contributed by atoms with Gasteiger partial charge >= 0.3 is 5.97 Å². The van der Waals surface area contributed by atoms with E-state index >= 15 is 0 Å². The Morgan fingerprint density at radius 2 is 2.06 bits per heavy atom. The summed E-state index contributed by atoms with van der Waals surface area (Å²) in [6, 6.07) is 5.28. The van der Waals surface area contributed by atoms with Crippen LogP contribution in [0.1, 0.15) is 31.1 Å². The number of carbonyl (C=O) groups is 1. The molecule has 0 atom stereocenters. The number of hydrogen-bond acceptors (Lipinski definition) is 4. The van der Waals surface area contributed by atoms with E-state index in [1.807, 2.05) is 6.07 Å². The Kier molecular flexibility index (Phi) is 3.99. The third kappa shape index (κ3) is 3.98. The molecule has 0 amide bonds. The maximum atomic E-state index is 11.5. The van der Waals surface area contributed by atoms with Gasteiger partial charge in [0.05, 0.1) is 12.7 Å². The molecular formula is C13H20N2O2. The molecule has 1 rings (SSSR count). The first-order valence-corrected chi connectivity index (χ1v) is 5.55. The fraction of sp³-hybridized carbons (Fsp3) is 0.462. The Morgan fingerprint density at radius 1 is 1.41 bits per heavy atom. The lowest BCUT2D eigenvalue weighted by atomic mass is 9.97. The zero-order valence-corrected chi connectivity index (χ0v) is 10.8. The number of ether oxygens (including phenoxy) is 1. The van der Waals surface area contributed by atoms with Crippen LogP contribution in [0.15, 0.2) is 18.2 Å². The van der Waals surface area contributed by atoms with E-state index in [2.05, 4.69) is 30.8 Å². The van der Waals surface area contributed by atoms with Crippen LogP contribution in [0.5, 0.6) is 0 Å². The maximum Gasteiger partial charge on any atom is 0.340 e. The molecule has 0 radical (unpaired) electrons. The molecule has 1 aromatic rings. The highest BCUT2D eigenvalue weighted by molar-refractivity contribution is 5.96. The quantitative estimate of drug-likeness (QED) is 0.625. The summed E-state index contributed by atoms with van der Waals surface area (Å²) in [5.74, 6) is -0.415. The molecule has 3 N–H and O–H groups in total. The normalized spacial score (nSPS) is 11.1. The number of nitrogens with two attached hydrogens (primary N) is 1. The standard InChI is InChI=1S/C13H20N2O2/c1-13(2,3)8-15-9-5-6-11(14)10(7-9)12(16)17-4/h5-7,15H,8,14H2,1-4H3. The monoisotopic (exact) mass is 236 g/mol. The van der Waals surface area contributed by atoms with Crippen molar-refractivity contribution in [3.8, 4) is 0 Å². The fourth-order valence-electron chi connectivity index (χ4n) is 1.32. The summed E-state index contributed by atoms with van der Waals surface area (Å²) in [5.41, 5.74) is 7.59. The van der Waals surface area contributed by atoms with Crippen LogP contribution >= 0.6 is 0 Å². The van der Waals surface area contributed by atoms with Crippen molar-refractivity contribution in [2.45, 2.75) is 20.8 Å². The van der Waals surface area contributed by atoms with Gasteiger partial charge in [0.15, 0.2) is 0 Å². The zero-order chi connectivity index (χ0) is 13.1. The average Bonchev–Trinajstić information content (AvgIpc) is 2.26. The van der Waals surface area contributed by atoms with Gasteiger partial charge in [0.2, 0.25) is 0 Å². The second-order valence-corrected chi connectivity index (χ2v) is 5.21. The van der Waals surface area contributed by atoms with Crippen LogP contribution in [-0.4, -0.2) is 19.6 Å². The minimum Gasteiger partial charge on any atom is -0.465 e. The molecular weight excluding hydrogens is 216 g/mol. The van der Waals surface area contributed by atoms with Crippen LogP contribution in [0.2, 0.25) is 0 Å². The van der Waals surface area contributed by atoms with E-state index in [-0.39, 0.29) is 5.41 Å². The van der Waals surface area contributed by atoms with E-state index in [4.69, 9.17) is 5.73 Å². The smallest absolute Gasteiger partial charge is 0.340 e. The van der Waals surface area contributed by atoms with Crippen molar-refractivity contribution in [2.75, 3.05) is 24.7 Å². The van der Waals surface area contributed by atoms with Gasteiger partial charge in [0.25, 0.3) is 0 Å². The molecule has 0 aliphatic rings. The van der Waals surface area contributed by atoms with Crippen molar-refractivity contribution in [3.05, 3.63) is 23.8 Å². The number of benzene rings is 1. The van der Waals surface area contributed by atoms with Gasteiger partial charge < -0.3 is 15.8 Å². The minimum atomic E-state index is -0.415. The highest BCUT2D eigenvalue weighted by Gasteiger charge is 2.13. The van der Waals surface area contributed by atoms with Crippen molar-refractivity contribution >= 4 is 17.3 Å². The third-order valence-electron chi connectivity index (χ3n) is 2.28. The Bertz CT molecular complexity index is 408. The number of anilines is 2. The Balaban J connectivity index is 2.86. The van der Waals surface area contributed by atoms with Gasteiger partial charge in [-0.2, -0.15) is 0 Å². The van der Waals surface area contributed by atoms with E-state index in [1.165, 1.54) is 7.11 Å². The van der Waals surface area contributed by atoms with E-state index in [0.29, 0.717) is 11.3 Å². The van der Waals surface area contributed by atoms with E-state index < -0.39 is 5.97 Å². The molecule has 0 heterocycles. The van der Waals surface area contributed by atoms with Gasteiger partial charge in [-0.3, -0.25) is 0 Å². The Hall–Kier alpha value is -1.71. The van der Waals surface area contributed by atoms with Gasteiger partial charge in [-0.25, -0.2) is 4.79 Å². The van der Waals surface area contributed by atoms with Crippen LogP contribution < -0.4 is 11.1 Å². The lowest BCUT2D eigenvalue weighted by molar-refractivity contribution is 0.0602. The summed E-state index contributed by atoms with van der Waals surface area (Å²) in [6.45, 7) is 7.23. The number of nitrogens with one attached hydrogen (secondary N) is 1. The molecule has 0 saturated heterocycles. The predicted molar refractivity (Wildman–Crippen MR) is 70.1 cm³/mol. The first-order chi connectivity index (χ1) is 7.83. The number of carbonyl (C=O) groups excluding carboxylic acids is 1. The molecule has 0 unspecified atom stereocenters. The summed E-state index contributed by atoms with van der Waals surface area (Å²) >= 11 is 0. The van der Waals surface area contributed by atoms with Gasteiger partial charge in [-0.05, 0) is 23.6 Å². The summed E-state index contributed by atoms with van der Waals surface area (Å²) < 4.78 is 4.67. The molecule has 0 fully saturated rings. The van der Waals surface area contributed by atoms with Crippen molar-refractivity contribution < 1.29 is 9.53 Å². The number of rotatable bonds is 3. The molecule has 0 aliphatic heterocycles. The largest absolute Gasteiger partial charge is 0.465 e. The number of nitrogen functional groups attached to an aromatic ring is 1. The lowest BCUT2D eigenvalue weighted by Crippen LogP contribution is -2.19. The van der Waals surface area contributed by atoms with E-state index in [9.17, 15) is 4.79 Å². The van der Waals surface area contributed by atoms with Crippen LogP contribution in [0.4, 0.5) is 11.4 Å². The molecule has 0 spiro atoms. The number of hydrogen-bond donors (Lipinski definition) is 2. The van der Waals surface area contributed by atoms with Gasteiger partial charge in [0, 0.05) is 17.9 Å². The molecule has 0 bridgehead atoms. The zero-order valence-electron chi connectivity index (χ0n) is 10.8. The van der Waals surface area contributed by atoms with Gasteiger partial charge in [-0.1, -0.05) is 20.8 Å². The Labute approximate surface area is 102 Å². The van der Waals surface area contributed by atoms with Crippen molar-refractivity contribution in [3.63, 3.8) is 0 Å². The van der Waals surface area contributed by atoms with E-state index in [1.54, 1.807) is 12.1 Å². The maximum absolute atomic E-state index is 11.5.